The highest BCUT2D eigenvalue weighted by atomic mass is 32.2. The van der Waals surface area contributed by atoms with Crippen molar-refractivity contribution >= 4 is 43.5 Å². The molecule has 0 amide bonds. The molecule has 0 aliphatic rings. The molecule has 0 aliphatic carbocycles. The summed E-state index contributed by atoms with van der Waals surface area (Å²) in [6, 6.07) is 0. The highest BCUT2D eigenvalue weighted by molar-refractivity contribution is 8.00. The first-order chi connectivity index (χ1) is 18.0. The van der Waals surface area contributed by atoms with E-state index in [2.05, 4.69) is 40.3 Å². The molecule has 222 valence electrons. The molecule has 0 saturated carbocycles. The fourth-order valence-corrected chi connectivity index (χ4v) is 6.17. The molecule has 0 N–H and O–H groups in total. The summed E-state index contributed by atoms with van der Waals surface area (Å²) in [6.07, 6.45) is 27.5. The zero-order valence-electron chi connectivity index (χ0n) is 25.4. The van der Waals surface area contributed by atoms with Gasteiger partial charge in [-0.05, 0) is 45.1 Å². The first-order valence-corrected chi connectivity index (χ1v) is 18.5. The predicted molar refractivity (Wildman–Crippen MR) is 175 cm³/mol. The van der Waals surface area contributed by atoms with Crippen molar-refractivity contribution in [2.24, 2.45) is 0 Å². The van der Waals surface area contributed by atoms with Crippen LogP contribution in [0, 0.1) is 0 Å². The van der Waals surface area contributed by atoms with Gasteiger partial charge in [0.15, 0.2) is 0 Å². The maximum Gasteiger partial charge on any atom is 0.641 e. The number of rotatable bonds is 30. The third-order valence-corrected chi connectivity index (χ3v) is 8.95. The van der Waals surface area contributed by atoms with Crippen LogP contribution in [-0.4, -0.2) is 35.1 Å². The first-order valence-electron chi connectivity index (χ1n) is 15.9. The highest BCUT2D eigenvalue weighted by Gasteiger charge is 2.28. The number of thioether (sulfide) groups is 2. The van der Waals surface area contributed by atoms with Crippen molar-refractivity contribution in [2.75, 3.05) is 11.5 Å². The molecule has 0 bridgehead atoms. The Kier molecular flexibility index (Phi) is 30.8. The fraction of sp³-hybridized carbons (Fsp3) is 1.00. The summed E-state index contributed by atoms with van der Waals surface area (Å²) in [5.41, 5.74) is -0.118. The van der Waals surface area contributed by atoms with E-state index in [1.165, 1.54) is 128 Å². The largest absolute Gasteiger partial charge is 0.641 e. The molecule has 0 heterocycles. The maximum absolute atomic E-state index is 6.09. The number of hydrogen-bond donors (Lipinski definition) is 1. The highest BCUT2D eigenvalue weighted by Crippen LogP contribution is 2.22. The second-order valence-corrected chi connectivity index (χ2v) is 14.1. The summed E-state index contributed by atoms with van der Waals surface area (Å²) in [5, 5.41) is 0. The van der Waals surface area contributed by atoms with Gasteiger partial charge in [0.2, 0.25) is 0 Å². The quantitative estimate of drug-likeness (QED) is 0.0396. The Morgan fingerprint density at radius 1 is 0.486 bits per heavy atom. The molecule has 3 atom stereocenters. The fourth-order valence-electron chi connectivity index (χ4n) is 4.33. The van der Waals surface area contributed by atoms with Crippen molar-refractivity contribution in [1.29, 1.82) is 0 Å². The normalized spacial score (nSPS) is 14.1. The molecule has 0 radical (unpaired) electrons. The lowest BCUT2D eigenvalue weighted by atomic mass is 10.1. The Bertz CT molecular complexity index is 412. The molecule has 0 fully saturated rings. The maximum atomic E-state index is 6.09. The van der Waals surface area contributed by atoms with E-state index < -0.39 is 7.32 Å². The molecule has 0 aromatic carbocycles. The smallest absolute Gasteiger partial charge is 0.374 e. The van der Waals surface area contributed by atoms with E-state index in [0.29, 0.717) is 0 Å². The number of unbranched alkanes of at least 4 members (excludes halogenated alkanes) is 18. The molecular weight excluding hydrogens is 515 g/mol. The van der Waals surface area contributed by atoms with Gasteiger partial charge in [0.25, 0.3) is 0 Å². The van der Waals surface area contributed by atoms with Crippen LogP contribution < -0.4 is 0 Å². The Morgan fingerprint density at radius 3 is 1.08 bits per heavy atom. The topological polar surface area (TPSA) is 27.7 Å². The van der Waals surface area contributed by atoms with Gasteiger partial charge < -0.3 is 14.0 Å². The summed E-state index contributed by atoms with van der Waals surface area (Å²) in [7, 11) is -0.655. The van der Waals surface area contributed by atoms with Crippen molar-refractivity contribution < 1.29 is 14.0 Å². The lowest BCUT2D eigenvalue weighted by Crippen LogP contribution is -2.34. The molecule has 0 rings (SSSR count). The zero-order chi connectivity index (χ0) is 27.4. The monoisotopic (exact) mass is 578 g/mol. The molecule has 7 heteroatoms. The van der Waals surface area contributed by atoms with Crippen molar-refractivity contribution in [3.05, 3.63) is 0 Å². The van der Waals surface area contributed by atoms with Crippen LogP contribution in [0.1, 0.15) is 163 Å². The van der Waals surface area contributed by atoms with Gasteiger partial charge in [0.1, 0.15) is 0 Å². The molecule has 0 saturated heterocycles. The van der Waals surface area contributed by atoms with Gasteiger partial charge in [0.05, 0.1) is 16.3 Å². The van der Waals surface area contributed by atoms with Crippen LogP contribution in [0.15, 0.2) is 0 Å². The SMILES string of the molecule is CCCCCCCCCCCCSC(C)OB(OC(C)S)OC(C)SCCCCCCCCCCCC. The third kappa shape index (κ3) is 29.8. The van der Waals surface area contributed by atoms with Crippen LogP contribution in [0.2, 0.25) is 0 Å². The summed E-state index contributed by atoms with van der Waals surface area (Å²) < 4.78 is 18.0. The van der Waals surface area contributed by atoms with Crippen LogP contribution >= 0.6 is 36.2 Å². The lowest BCUT2D eigenvalue weighted by Gasteiger charge is -2.23. The minimum atomic E-state index is -0.655. The van der Waals surface area contributed by atoms with Crippen LogP contribution in [0.25, 0.3) is 0 Å². The molecule has 3 unspecified atom stereocenters. The van der Waals surface area contributed by atoms with Gasteiger partial charge in [0, 0.05) is 0 Å². The minimum absolute atomic E-state index is 0.0508. The molecular formula is C30H63BO3S3. The van der Waals surface area contributed by atoms with Crippen LogP contribution in [0.3, 0.4) is 0 Å². The van der Waals surface area contributed by atoms with E-state index in [1.807, 2.05) is 30.4 Å². The lowest BCUT2D eigenvalue weighted by molar-refractivity contribution is 0.0814. The number of hydrogen-bond acceptors (Lipinski definition) is 6. The first kappa shape index (κ1) is 38.0. The van der Waals surface area contributed by atoms with Gasteiger partial charge in [-0.2, -0.15) is 0 Å². The number of thiol groups is 1. The van der Waals surface area contributed by atoms with E-state index >= 15 is 0 Å². The summed E-state index contributed by atoms with van der Waals surface area (Å²) in [4.78, 5) is 0. The predicted octanol–water partition coefficient (Wildman–Crippen LogP) is 11.3. The standard InChI is InChI=1S/C30H63BO3S3/c1-6-8-10-12-14-16-18-20-22-24-26-36-29(4)33-31(32-28(3)35)34-30(5)37-27-25-23-21-19-17-15-13-11-9-7-2/h28-30,35H,6-27H2,1-5H3. The molecule has 3 nitrogen and oxygen atoms in total. The van der Waals surface area contributed by atoms with E-state index in [-0.39, 0.29) is 16.3 Å². The Balaban J connectivity index is 3.81. The average molecular weight is 579 g/mol. The van der Waals surface area contributed by atoms with Crippen LogP contribution in [0.4, 0.5) is 0 Å². The Labute approximate surface area is 247 Å². The van der Waals surface area contributed by atoms with Gasteiger partial charge in [-0.1, -0.05) is 129 Å². The van der Waals surface area contributed by atoms with Crippen molar-refractivity contribution in [1.82, 2.24) is 0 Å². The Hall–Kier alpha value is 0.995. The summed E-state index contributed by atoms with van der Waals surface area (Å²) >= 11 is 8.10. The van der Waals surface area contributed by atoms with E-state index in [9.17, 15) is 0 Å². The molecule has 0 aliphatic heterocycles. The Morgan fingerprint density at radius 2 is 0.784 bits per heavy atom. The molecule has 0 spiro atoms. The average Bonchev–Trinajstić information content (AvgIpc) is 2.85. The van der Waals surface area contributed by atoms with E-state index in [0.717, 1.165) is 11.5 Å². The summed E-state index contributed by atoms with van der Waals surface area (Å²) in [6.45, 7) is 10.7. The van der Waals surface area contributed by atoms with E-state index in [4.69, 9.17) is 14.0 Å². The van der Waals surface area contributed by atoms with Crippen molar-refractivity contribution in [2.45, 2.75) is 179 Å². The van der Waals surface area contributed by atoms with Gasteiger partial charge >= 0.3 is 7.32 Å². The van der Waals surface area contributed by atoms with Crippen molar-refractivity contribution in [3.8, 4) is 0 Å². The third-order valence-electron chi connectivity index (χ3n) is 6.61. The second-order valence-electron chi connectivity index (χ2n) is 10.5. The molecule has 37 heavy (non-hydrogen) atoms. The van der Waals surface area contributed by atoms with Gasteiger partial charge in [-0.15, -0.1) is 36.2 Å². The van der Waals surface area contributed by atoms with Gasteiger partial charge in [-0.3, -0.25) is 0 Å². The summed E-state index contributed by atoms with van der Waals surface area (Å²) in [5.74, 6) is 2.26. The second kappa shape index (κ2) is 30.0. The molecule has 0 aromatic heterocycles. The minimum Gasteiger partial charge on any atom is -0.374 e. The zero-order valence-corrected chi connectivity index (χ0v) is 27.9. The molecule has 0 aromatic rings. The van der Waals surface area contributed by atoms with Crippen molar-refractivity contribution in [3.63, 3.8) is 0 Å². The van der Waals surface area contributed by atoms with Gasteiger partial charge in [-0.25, -0.2) is 0 Å². The van der Waals surface area contributed by atoms with Crippen LogP contribution in [0.5, 0.6) is 0 Å². The van der Waals surface area contributed by atoms with E-state index in [1.54, 1.807) is 0 Å². The van der Waals surface area contributed by atoms with Crippen LogP contribution in [-0.2, 0) is 14.0 Å².